The number of carbonyl (C=O) groups excluding carboxylic acids is 2. The van der Waals surface area contributed by atoms with Crippen molar-refractivity contribution in [1.29, 1.82) is 0 Å². The number of nitrogens with zero attached hydrogens (tertiary/aromatic N) is 1. The van der Waals surface area contributed by atoms with E-state index in [0.29, 0.717) is 28.6 Å². The van der Waals surface area contributed by atoms with Gasteiger partial charge in [-0.25, -0.2) is 0 Å². The van der Waals surface area contributed by atoms with E-state index in [1.165, 1.54) is 5.56 Å². The maximum absolute atomic E-state index is 13.3. The second kappa shape index (κ2) is 13.1. The number of aryl methyl sites for hydroxylation is 1. The lowest BCUT2D eigenvalue weighted by molar-refractivity contribution is -0.141. The molecule has 2 aromatic carbocycles. The molecular weight excluding hydrogens is 463 g/mol. The Bertz CT molecular complexity index is 905. The Morgan fingerprint density at radius 3 is 2.34 bits per heavy atom. The molecule has 32 heavy (non-hydrogen) atoms. The maximum atomic E-state index is 13.3. The van der Waals surface area contributed by atoms with E-state index in [0.717, 1.165) is 16.9 Å². The highest BCUT2D eigenvalue weighted by Crippen LogP contribution is 2.25. The Hall–Kier alpha value is -1.69. The number of halogens is 2. The molecule has 2 rings (SSSR count). The van der Waals surface area contributed by atoms with E-state index in [4.69, 9.17) is 23.2 Å². The zero-order valence-electron chi connectivity index (χ0n) is 19.2. The molecule has 4 nitrogen and oxygen atoms in total. The van der Waals surface area contributed by atoms with Crippen LogP contribution in [0.25, 0.3) is 0 Å². The smallest absolute Gasteiger partial charge is 0.243 e. The molecule has 2 atom stereocenters. The minimum absolute atomic E-state index is 0.0460. The molecule has 0 aliphatic heterocycles. The van der Waals surface area contributed by atoms with E-state index in [-0.39, 0.29) is 24.4 Å². The van der Waals surface area contributed by atoms with Gasteiger partial charge >= 0.3 is 0 Å². The van der Waals surface area contributed by atoms with Crippen LogP contribution in [-0.2, 0) is 16.1 Å². The summed E-state index contributed by atoms with van der Waals surface area (Å²) < 4.78 is 0. The molecule has 0 aliphatic carbocycles. The Kier molecular flexibility index (Phi) is 10.9. The molecule has 0 fully saturated rings. The van der Waals surface area contributed by atoms with Crippen molar-refractivity contribution in [2.45, 2.75) is 70.5 Å². The fourth-order valence-corrected chi connectivity index (χ4v) is 4.54. The van der Waals surface area contributed by atoms with Gasteiger partial charge in [0.15, 0.2) is 0 Å². The number of carbonyl (C=O) groups is 2. The van der Waals surface area contributed by atoms with Gasteiger partial charge in [0.05, 0.1) is 0 Å². The van der Waals surface area contributed by atoms with Crippen molar-refractivity contribution in [1.82, 2.24) is 10.2 Å². The molecule has 0 radical (unpaired) electrons. The van der Waals surface area contributed by atoms with Crippen molar-refractivity contribution in [2.75, 3.05) is 5.75 Å². The Morgan fingerprint density at radius 1 is 1.06 bits per heavy atom. The normalized spacial score (nSPS) is 12.8. The van der Waals surface area contributed by atoms with Crippen molar-refractivity contribution in [3.8, 4) is 0 Å². The van der Waals surface area contributed by atoms with Crippen LogP contribution in [0, 0.1) is 6.92 Å². The minimum atomic E-state index is -0.562. The minimum Gasteiger partial charge on any atom is -0.352 e. The molecule has 1 N–H and O–H groups in total. The number of rotatable bonds is 11. The molecule has 0 spiro atoms. The third kappa shape index (κ3) is 8.02. The molecule has 0 saturated carbocycles. The fraction of sp³-hybridized carbons (Fsp3) is 0.440. The van der Waals surface area contributed by atoms with E-state index in [1.54, 1.807) is 28.8 Å². The quantitative estimate of drug-likeness (QED) is 0.362. The van der Waals surface area contributed by atoms with Crippen LogP contribution in [0.3, 0.4) is 0 Å². The Balaban J connectivity index is 2.17. The molecular formula is C25H32Cl2N2O2S. The van der Waals surface area contributed by atoms with Crippen molar-refractivity contribution in [2.24, 2.45) is 0 Å². The molecule has 0 aliphatic rings. The van der Waals surface area contributed by atoms with Crippen molar-refractivity contribution in [3.05, 3.63) is 63.6 Å². The highest BCUT2D eigenvalue weighted by molar-refractivity contribution is 7.99. The van der Waals surface area contributed by atoms with E-state index in [1.807, 2.05) is 33.8 Å². The summed E-state index contributed by atoms with van der Waals surface area (Å²) in [6.45, 7) is 8.21. The summed E-state index contributed by atoms with van der Waals surface area (Å²) in [7, 11) is 0. The molecule has 0 heterocycles. The third-order valence-electron chi connectivity index (χ3n) is 5.35. The highest BCUT2D eigenvalue weighted by atomic mass is 35.5. The summed E-state index contributed by atoms with van der Waals surface area (Å²) in [5, 5.41) is 4.04. The van der Waals surface area contributed by atoms with Crippen LogP contribution >= 0.6 is 35.0 Å². The van der Waals surface area contributed by atoms with Gasteiger partial charge < -0.3 is 10.2 Å². The van der Waals surface area contributed by atoms with Crippen LogP contribution in [-0.4, -0.2) is 34.6 Å². The highest BCUT2D eigenvalue weighted by Gasteiger charge is 2.29. The average Bonchev–Trinajstić information content (AvgIpc) is 2.76. The largest absolute Gasteiger partial charge is 0.352 e. The van der Waals surface area contributed by atoms with Gasteiger partial charge in [-0.05, 0) is 56.5 Å². The standard InChI is InChI=1S/C25H32Cl2N2O2S/c1-5-18(4)28-25(31)23(6-2)29(16-19-9-10-20(26)15-22(19)27)24(30)13-14-32-21-11-7-17(3)8-12-21/h7-12,15,18,23H,5-6,13-14,16H2,1-4H3,(H,28,31)/t18-,23-/m0/s1. The lowest BCUT2D eigenvalue weighted by Gasteiger charge is -2.31. The van der Waals surface area contributed by atoms with Crippen molar-refractivity contribution in [3.63, 3.8) is 0 Å². The van der Waals surface area contributed by atoms with Gasteiger partial charge in [-0.1, -0.05) is 60.8 Å². The summed E-state index contributed by atoms with van der Waals surface area (Å²) in [5.41, 5.74) is 1.97. The molecule has 174 valence electrons. The fourth-order valence-electron chi connectivity index (χ4n) is 3.23. The van der Waals surface area contributed by atoms with Crippen LogP contribution < -0.4 is 5.32 Å². The Morgan fingerprint density at radius 2 is 1.75 bits per heavy atom. The van der Waals surface area contributed by atoms with Crippen molar-refractivity contribution < 1.29 is 9.59 Å². The average molecular weight is 496 g/mol. The molecule has 0 unspecified atom stereocenters. The van der Waals surface area contributed by atoms with E-state index >= 15 is 0 Å². The number of hydrogen-bond donors (Lipinski definition) is 1. The maximum Gasteiger partial charge on any atom is 0.243 e. The third-order valence-corrected chi connectivity index (χ3v) is 6.95. The van der Waals surface area contributed by atoms with Gasteiger partial charge in [0.25, 0.3) is 0 Å². The summed E-state index contributed by atoms with van der Waals surface area (Å²) >= 11 is 14.1. The van der Waals surface area contributed by atoms with Crippen LogP contribution in [0.1, 0.15) is 51.2 Å². The van der Waals surface area contributed by atoms with Gasteiger partial charge in [0.1, 0.15) is 6.04 Å². The first kappa shape index (κ1) is 26.6. The summed E-state index contributed by atoms with van der Waals surface area (Å²) in [5.74, 6) is 0.434. The summed E-state index contributed by atoms with van der Waals surface area (Å²) in [6.07, 6.45) is 1.67. The zero-order valence-corrected chi connectivity index (χ0v) is 21.5. The molecule has 2 amide bonds. The second-order valence-corrected chi connectivity index (χ2v) is 9.92. The second-order valence-electron chi connectivity index (χ2n) is 7.91. The van der Waals surface area contributed by atoms with Gasteiger partial charge in [-0.2, -0.15) is 0 Å². The molecule has 0 aromatic heterocycles. The number of thioether (sulfide) groups is 1. The molecule has 0 bridgehead atoms. The van der Waals surface area contributed by atoms with Gasteiger partial charge in [0.2, 0.25) is 11.8 Å². The topological polar surface area (TPSA) is 49.4 Å². The Labute approximate surface area is 206 Å². The van der Waals surface area contributed by atoms with E-state index in [9.17, 15) is 9.59 Å². The first-order valence-electron chi connectivity index (χ1n) is 11.0. The van der Waals surface area contributed by atoms with Gasteiger partial charge in [-0.3, -0.25) is 9.59 Å². The zero-order chi connectivity index (χ0) is 23.7. The molecule has 0 saturated heterocycles. The van der Waals surface area contributed by atoms with E-state index < -0.39 is 6.04 Å². The SMILES string of the molecule is CC[C@H](C)NC(=O)[C@H](CC)N(Cc1ccc(Cl)cc1Cl)C(=O)CCSc1ccc(C)cc1. The van der Waals surface area contributed by atoms with Crippen molar-refractivity contribution >= 4 is 46.8 Å². The van der Waals surface area contributed by atoms with Crippen LogP contribution in [0.2, 0.25) is 10.0 Å². The molecule has 2 aromatic rings. The first-order chi connectivity index (χ1) is 15.2. The number of nitrogens with one attached hydrogen (secondary N) is 1. The predicted octanol–water partition coefficient (Wildman–Crippen LogP) is 6.51. The summed E-state index contributed by atoms with van der Waals surface area (Å²) in [4.78, 5) is 29.1. The summed E-state index contributed by atoms with van der Waals surface area (Å²) in [6, 6.07) is 12.9. The van der Waals surface area contributed by atoms with E-state index in [2.05, 4.69) is 29.6 Å². The van der Waals surface area contributed by atoms with Crippen LogP contribution in [0.5, 0.6) is 0 Å². The first-order valence-corrected chi connectivity index (χ1v) is 12.7. The monoisotopic (exact) mass is 494 g/mol. The van der Waals surface area contributed by atoms with Gasteiger partial charge in [0, 0.05) is 39.7 Å². The number of amides is 2. The van der Waals surface area contributed by atoms with Gasteiger partial charge in [-0.15, -0.1) is 11.8 Å². The van der Waals surface area contributed by atoms with Crippen LogP contribution in [0.4, 0.5) is 0 Å². The molecule has 7 heteroatoms. The lowest BCUT2D eigenvalue weighted by Crippen LogP contribution is -2.50. The lowest BCUT2D eigenvalue weighted by atomic mass is 10.1. The van der Waals surface area contributed by atoms with Crippen LogP contribution in [0.15, 0.2) is 47.4 Å². The number of hydrogen-bond acceptors (Lipinski definition) is 3. The number of benzene rings is 2. The predicted molar refractivity (Wildman–Crippen MR) is 136 cm³/mol.